The van der Waals surface area contributed by atoms with Crippen molar-refractivity contribution in [2.45, 2.75) is 6.92 Å². The maximum Gasteiger partial charge on any atom is 0.257 e. The molecule has 0 aliphatic rings. The Morgan fingerprint density at radius 2 is 1.96 bits per heavy atom. The number of ether oxygens (including phenoxy) is 2. The predicted molar refractivity (Wildman–Crippen MR) is 91.9 cm³/mol. The summed E-state index contributed by atoms with van der Waals surface area (Å²) in [5.41, 5.74) is 2.34. The lowest BCUT2D eigenvalue weighted by Crippen LogP contribution is -2.11. The third-order valence-corrected chi connectivity index (χ3v) is 4.42. The minimum absolute atomic E-state index is 0.214. The number of amides is 1. The molecule has 23 heavy (non-hydrogen) atoms. The fourth-order valence-electron chi connectivity index (χ4n) is 2.22. The van der Waals surface area contributed by atoms with Gasteiger partial charge >= 0.3 is 0 Å². The Kier molecular flexibility index (Phi) is 4.16. The van der Waals surface area contributed by atoms with E-state index in [1.807, 2.05) is 31.2 Å². The van der Waals surface area contributed by atoms with Crippen LogP contribution in [0, 0.1) is 6.92 Å². The van der Waals surface area contributed by atoms with E-state index in [4.69, 9.17) is 9.47 Å². The summed E-state index contributed by atoms with van der Waals surface area (Å²) in [4.78, 5) is 16.8. The molecule has 3 aromatic rings. The van der Waals surface area contributed by atoms with Gasteiger partial charge in [0.1, 0.15) is 11.5 Å². The monoisotopic (exact) mass is 328 g/mol. The lowest BCUT2D eigenvalue weighted by atomic mass is 10.1. The molecule has 1 N–H and O–H groups in total. The molecule has 0 spiro atoms. The standard InChI is InChI=1S/C17H16N2O3S/c1-10-4-5-11(8-14(10)22-3)16(20)19-17-18-13-7-6-12(21-2)9-15(13)23-17/h4-9H,1-3H3,(H,18,19,20). The van der Waals surface area contributed by atoms with Crippen LogP contribution < -0.4 is 14.8 Å². The first-order valence-electron chi connectivity index (χ1n) is 7.01. The zero-order valence-electron chi connectivity index (χ0n) is 13.0. The lowest BCUT2D eigenvalue weighted by molar-refractivity contribution is 0.102. The Hall–Kier alpha value is -2.60. The summed E-state index contributed by atoms with van der Waals surface area (Å²) in [6, 6.07) is 11.0. The summed E-state index contributed by atoms with van der Waals surface area (Å²) >= 11 is 1.41. The average molecular weight is 328 g/mol. The number of aromatic nitrogens is 1. The van der Waals surface area contributed by atoms with Crippen molar-refractivity contribution in [3.05, 3.63) is 47.5 Å². The molecule has 118 valence electrons. The van der Waals surface area contributed by atoms with Crippen molar-refractivity contribution in [1.82, 2.24) is 4.98 Å². The third-order valence-electron chi connectivity index (χ3n) is 3.49. The second-order valence-corrected chi connectivity index (χ2v) is 6.02. The van der Waals surface area contributed by atoms with Crippen LogP contribution in [-0.4, -0.2) is 25.1 Å². The van der Waals surface area contributed by atoms with Crippen molar-refractivity contribution in [2.75, 3.05) is 19.5 Å². The third kappa shape index (κ3) is 3.12. The molecule has 2 aromatic carbocycles. The van der Waals surface area contributed by atoms with E-state index in [1.165, 1.54) is 11.3 Å². The maximum absolute atomic E-state index is 12.4. The van der Waals surface area contributed by atoms with Gasteiger partial charge in [0.2, 0.25) is 0 Å². The van der Waals surface area contributed by atoms with Gasteiger partial charge in [-0.25, -0.2) is 4.98 Å². The van der Waals surface area contributed by atoms with Crippen LogP contribution in [0.4, 0.5) is 5.13 Å². The van der Waals surface area contributed by atoms with Crippen LogP contribution in [0.3, 0.4) is 0 Å². The number of nitrogens with zero attached hydrogens (tertiary/aromatic N) is 1. The number of rotatable bonds is 4. The highest BCUT2D eigenvalue weighted by Gasteiger charge is 2.12. The number of aryl methyl sites for hydroxylation is 1. The minimum Gasteiger partial charge on any atom is -0.497 e. The van der Waals surface area contributed by atoms with Crippen LogP contribution in [0.15, 0.2) is 36.4 Å². The van der Waals surface area contributed by atoms with Gasteiger partial charge in [0.25, 0.3) is 5.91 Å². The van der Waals surface area contributed by atoms with Crippen molar-refractivity contribution >= 4 is 32.6 Å². The van der Waals surface area contributed by atoms with Crippen LogP contribution in [0.2, 0.25) is 0 Å². The van der Waals surface area contributed by atoms with Gasteiger partial charge in [-0.05, 0) is 42.8 Å². The van der Waals surface area contributed by atoms with Crippen LogP contribution in [0.5, 0.6) is 11.5 Å². The number of fused-ring (bicyclic) bond motifs is 1. The quantitative estimate of drug-likeness (QED) is 0.790. The molecular weight excluding hydrogens is 312 g/mol. The van der Waals surface area contributed by atoms with E-state index < -0.39 is 0 Å². The van der Waals surface area contributed by atoms with Crippen molar-refractivity contribution < 1.29 is 14.3 Å². The Labute approximate surface area is 137 Å². The number of hydrogen-bond donors (Lipinski definition) is 1. The molecule has 0 aliphatic heterocycles. The molecule has 1 heterocycles. The largest absolute Gasteiger partial charge is 0.497 e. The number of nitrogens with one attached hydrogen (secondary N) is 1. The molecular formula is C17H16N2O3S. The molecule has 6 heteroatoms. The highest BCUT2D eigenvalue weighted by molar-refractivity contribution is 7.22. The normalized spacial score (nSPS) is 10.6. The zero-order valence-corrected chi connectivity index (χ0v) is 13.9. The molecule has 0 fully saturated rings. The van der Waals surface area contributed by atoms with E-state index in [0.29, 0.717) is 16.4 Å². The second kappa shape index (κ2) is 6.26. The number of methoxy groups -OCH3 is 2. The van der Waals surface area contributed by atoms with Gasteiger partial charge in [-0.3, -0.25) is 10.1 Å². The van der Waals surface area contributed by atoms with Crippen LogP contribution >= 0.6 is 11.3 Å². The summed E-state index contributed by atoms with van der Waals surface area (Å²) in [5.74, 6) is 1.24. The SMILES string of the molecule is COc1ccc2nc(NC(=O)c3ccc(C)c(OC)c3)sc2c1. The molecule has 3 rings (SSSR count). The first-order valence-corrected chi connectivity index (χ1v) is 7.83. The summed E-state index contributed by atoms with van der Waals surface area (Å²) in [6.07, 6.45) is 0. The molecule has 0 saturated carbocycles. The fourth-order valence-corrected chi connectivity index (χ4v) is 3.11. The Balaban J connectivity index is 1.85. The van der Waals surface area contributed by atoms with E-state index in [-0.39, 0.29) is 5.91 Å². The van der Waals surface area contributed by atoms with Gasteiger partial charge in [-0.2, -0.15) is 0 Å². The van der Waals surface area contributed by atoms with Gasteiger partial charge in [0.15, 0.2) is 5.13 Å². The number of hydrogen-bond acceptors (Lipinski definition) is 5. The maximum atomic E-state index is 12.4. The molecule has 1 aromatic heterocycles. The highest BCUT2D eigenvalue weighted by atomic mass is 32.1. The van der Waals surface area contributed by atoms with Gasteiger partial charge in [-0.1, -0.05) is 17.4 Å². The molecule has 1 amide bonds. The summed E-state index contributed by atoms with van der Waals surface area (Å²) in [6.45, 7) is 1.93. The number of carbonyl (C=O) groups excluding carboxylic acids is 1. The average Bonchev–Trinajstić information content (AvgIpc) is 2.96. The van der Waals surface area contributed by atoms with Gasteiger partial charge in [0, 0.05) is 5.56 Å². The van der Waals surface area contributed by atoms with E-state index in [9.17, 15) is 4.79 Å². The molecule has 0 aliphatic carbocycles. The van der Waals surface area contributed by atoms with Crippen molar-refractivity contribution in [2.24, 2.45) is 0 Å². The number of benzene rings is 2. The minimum atomic E-state index is -0.214. The summed E-state index contributed by atoms with van der Waals surface area (Å²) in [5, 5.41) is 3.38. The predicted octanol–water partition coefficient (Wildman–Crippen LogP) is 3.87. The molecule has 0 unspecified atom stereocenters. The van der Waals surface area contributed by atoms with Gasteiger partial charge in [0.05, 0.1) is 24.4 Å². The fraction of sp³-hybridized carbons (Fsp3) is 0.176. The van der Waals surface area contributed by atoms with Gasteiger partial charge < -0.3 is 9.47 Å². The van der Waals surface area contributed by atoms with Crippen molar-refractivity contribution in [3.63, 3.8) is 0 Å². The van der Waals surface area contributed by atoms with Crippen molar-refractivity contribution in [3.8, 4) is 11.5 Å². The summed E-state index contributed by atoms with van der Waals surface area (Å²) in [7, 11) is 3.21. The smallest absolute Gasteiger partial charge is 0.257 e. The molecule has 5 nitrogen and oxygen atoms in total. The first kappa shape index (κ1) is 15.3. The van der Waals surface area contributed by atoms with Crippen LogP contribution in [-0.2, 0) is 0 Å². The Morgan fingerprint density at radius 1 is 1.13 bits per heavy atom. The van der Waals surface area contributed by atoms with E-state index >= 15 is 0 Å². The molecule has 0 bridgehead atoms. The van der Waals surface area contributed by atoms with E-state index in [2.05, 4.69) is 10.3 Å². The Morgan fingerprint density at radius 3 is 2.70 bits per heavy atom. The number of carbonyl (C=O) groups is 1. The molecule has 0 atom stereocenters. The zero-order chi connectivity index (χ0) is 16.4. The van der Waals surface area contributed by atoms with Crippen LogP contribution in [0.25, 0.3) is 10.2 Å². The summed E-state index contributed by atoms with van der Waals surface area (Å²) < 4.78 is 11.4. The molecule has 0 saturated heterocycles. The highest BCUT2D eigenvalue weighted by Crippen LogP contribution is 2.29. The van der Waals surface area contributed by atoms with Crippen LogP contribution in [0.1, 0.15) is 15.9 Å². The number of anilines is 1. The van der Waals surface area contributed by atoms with Gasteiger partial charge in [-0.15, -0.1) is 0 Å². The van der Waals surface area contributed by atoms with E-state index in [0.717, 1.165) is 21.5 Å². The van der Waals surface area contributed by atoms with E-state index in [1.54, 1.807) is 26.4 Å². The first-order chi connectivity index (χ1) is 11.1. The topological polar surface area (TPSA) is 60.5 Å². The molecule has 0 radical (unpaired) electrons. The lowest BCUT2D eigenvalue weighted by Gasteiger charge is -2.07. The Bertz CT molecular complexity index is 873. The number of thiazole rings is 1. The second-order valence-electron chi connectivity index (χ2n) is 4.99. The van der Waals surface area contributed by atoms with Crippen molar-refractivity contribution in [1.29, 1.82) is 0 Å².